The number of halogens is 1. The largest absolute Gasteiger partial charge is 0.458 e. The number of hydrogen-bond acceptors (Lipinski definition) is 3. The van der Waals surface area contributed by atoms with Crippen molar-refractivity contribution in [3.8, 4) is 11.3 Å². The SMILES string of the molecule is Cn1ncc(Cl)c1-c1coc(C(N)=O)c1. The Kier molecular flexibility index (Phi) is 2.24. The van der Waals surface area contributed by atoms with Crippen molar-refractivity contribution in [1.29, 1.82) is 0 Å². The summed E-state index contributed by atoms with van der Waals surface area (Å²) < 4.78 is 6.58. The van der Waals surface area contributed by atoms with Crippen molar-refractivity contribution in [2.45, 2.75) is 0 Å². The monoisotopic (exact) mass is 225 g/mol. The number of carbonyl (C=O) groups excluding carboxylic acids is 1. The average molecular weight is 226 g/mol. The third-order valence-corrected chi connectivity index (χ3v) is 2.29. The molecule has 1 amide bonds. The summed E-state index contributed by atoms with van der Waals surface area (Å²) in [4.78, 5) is 10.8. The van der Waals surface area contributed by atoms with Gasteiger partial charge in [-0.2, -0.15) is 5.10 Å². The average Bonchev–Trinajstić information content (AvgIpc) is 2.73. The normalized spacial score (nSPS) is 10.5. The van der Waals surface area contributed by atoms with Crippen LogP contribution in [0.5, 0.6) is 0 Å². The fourth-order valence-corrected chi connectivity index (χ4v) is 1.60. The Morgan fingerprint density at radius 2 is 2.40 bits per heavy atom. The van der Waals surface area contributed by atoms with E-state index in [1.807, 2.05) is 0 Å². The second-order valence-electron chi connectivity index (χ2n) is 3.03. The highest BCUT2D eigenvalue weighted by molar-refractivity contribution is 6.33. The number of hydrogen-bond donors (Lipinski definition) is 1. The van der Waals surface area contributed by atoms with Crippen LogP contribution in [0.3, 0.4) is 0 Å². The Morgan fingerprint density at radius 1 is 1.67 bits per heavy atom. The number of furan rings is 1. The van der Waals surface area contributed by atoms with Crippen molar-refractivity contribution in [3.63, 3.8) is 0 Å². The minimum atomic E-state index is -0.612. The molecule has 0 saturated heterocycles. The first kappa shape index (κ1) is 9.79. The molecular formula is C9H8ClN3O2. The second-order valence-corrected chi connectivity index (χ2v) is 3.44. The van der Waals surface area contributed by atoms with Gasteiger partial charge < -0.3 is 10.2 Å². The molecule has 0 aliphatic heterocycles. The van der Waals surface area contributed by atoms with Crippen molar-refractivity contribution in [2.75, 3.05) is 0 Å². The van der Waals surface area contributed by atoms with E-state index in [4.69, 9.17) is 21.8 Å². The molecule has 0 saturated carbocycles. The summed E-state index contributed by atoms with van der Waals surface area (Å²) in [6, 6.07) is 1.53. The van der Waals surface area contributed by atoms with Crippen LogP contribution in [0.4, 0.5) is 0 Å². The van der Waals surface area contributed by atoms with Crippen LogP contribution in [0.1, 0.15) is 10.6 Å². The first-order valence-corrected chi connectivity index (χ1v) is 4.53. The Labute approximate surface area is 90.4 Å². The molecule has 0 fully saturated rings. The first-order chi connectivity index (χ1) is 7.09. The lowest BCUT2D eigenvalue weighted by molar-refractivity contribution is 0.0974. The van der Waals surface area contributed by atoms with Gasteiger partial charge in [0.25, 0.3) is 5.91 Å². The van der Waals surface area contributed by atoms with Crippen molar-refractivity contribution < 1.29 is 9.21 Å². The van der Waals surface area contributed by atoms with Crippen LogP contribution in [0.15, 0.2) is 22.9 Å². The summed E-state index contributed by atoms with van der Waals surface area (Å²) in [5.74, 6) is -0.512. The number of primary amides is 1. The molecule has 5 nitrogen and oxygen atoms in total. The summed E-state index contributed by atoms with van der Waals surface area (Å²) in [6.07, 6.45) is 2.94. The number of carbonyl (C=O) groups is 1. The predicted molar refractivity (Wildman–Crippen MR) is 54.4 cm³/mol. The molecule has 0 bridgehead atoms. The molecule has 2 N–H and O–H groups in total. The molecule has 78 valence electrons. The van der Waals surface area contributed by atoms with Gasteiger partial charge in [-0.05, 0) is 6.07 Å². The van der Waals surface area contributed by atoms with Gasteiger partial charge in [-0.15, -0.1) is 0 Å². The van der Waals surface area contributed by atoms with Gasteiger partial charge in [0, 0.05) is 12.6 Å². The van der Waals surface area contributed by atoms with Gasteiger partial charge in [0.15, 0.2) is 5.76 Å². The minimum Gasteiger partial charge on any atom is -0.458 e. The summed E-state index contributed by atoms with van der Waals surface area (Å²) in [5, 5.41) is 4.47. The Bertz CT molecular complexity index is 496. The Hall–Kier alpha value is -1.75. The summed E-state index contributed by atoms with van der Waals surface area (Å²) >= 11 is 5.93. The van der Waals surface area contributed by atoms with E-state index in [1.165, 1.54) is 18.5 Å². The molecule has 2 heterocycles. The fraction of sp³-hybridized carbons (Fsp3) is 0.111. The molecule has 6 heteroatoms. The molecular weight excluding hydrogens is 218 g/mol. The van der Waals surface area contributed by atoms with Crippen LogP contribution in [-0.2, 0) is 7.05 Å². The van der Waals surface area contributed by atoms with E-state index in [-0.39, 0.29) is 5.76 Å². The third kappa shape index (κ3) is 1.61. The van der Waals surface area contributed by atoms with Gasteiger partial charge in [-0.25, -0.2) is 0 Å². The third-order valence-electron chi connectivity index (χ3n) is 2.01. The lowest BCUT2D eigenvalue weighted by Crippen LogP contribution is -2.09. The zero-order valence-electron chi connectivity index (χ0n) is 7.90. The number of amides is 1. The lowest BCUT2D eigenvalue weighted by Gasteiger charge is -1.97. The molecule has 15 heavy (non-hydrogen) atoms. The molecule has 0 aliphatic carbocycles. The van der Waals surface area contributed by atoms with Crippen LogP contribution in [0.25, 0.3) is 11.3 Å². The maximum absolute atomic E-state index is 10.8. The van der Waals surface area contributed by atoms with Gasteiger partial charge in [-0.1, -0.05) is 11.6 Å². The van der Waals surface area contributed by atoms with Crippen molar-refractivity contribution >= 4 is 17.5 Å². The molecule has 0 radical (unpaired) electrons. The molecule has 0 unspecified atom stereocenters. The van der Waals surface area contributed by atoms with Gasteiger partial charge in [-0.3, -0.25) is 9.48 Å². The van der Waals surface area contributed by atoms with Gasteiger partial charge in [0.05, 0.1) is 16.9 Å². The van der Waals surface area contributed by atoms with E-state index >= 15 is 0 Å². The van der Waals surface area contributed by atoms with E-state index in [1.54, 1.807) is 11.7 Å². The molecule has 2 rings (SSSR count). The molecule has 0 spiro atoms. The molecule has 0 aliphatic rings. The quantitative estimate of drug-likeness (QED) is 0.840. The highest BCUT2D eigenvalue weighted by Crippen LogP contribution is 2.28. The maximum atomic E-state index is 10.8. The number of aryl methyl sites for hydroxylation is 1. The van der Waals surface area contributed by atoms with E-state index in [0.29, 0.717) is 16.3 Å². The van der Waals surface area contributed by atoms with Crippen LogP contribution < -0.4 is 5.73 Å². The fourth-order valence-electron chi connectivity index (χ4n) is 1.33. The van der Waals surface area contributed by atoms with Crippen molar-refractivity contribution in [1.82, 2.24) is 9.78 Å². The number of nitrogens with zero attached hydrogens (tertiary/aromatic N) is 2. The number of aromatic nitrogens is 2. The summed E-state index contributed by atoms with van der Waals surface area (Å²) in [7, 11) is 1.75. The van der Waals surface area contributed by atoms with Crippen molar-refractivity contribution in [3.05, 3.63) is 29.3 Å². The van der Waals surface area contributed by atoms with Gasteiger partial charge in [0.2, 0.25) is 0 Å². The highest BCUT2D eigenvalue weighted by atomic mass is 35.5. The van der Waals surface area contributed by atoms with E-state index < -0.39 is 5.91 Å². The smallest absolute Gasteiger partial charge is 0.284 e. The van der Waals surface area contributed by atoms with Crippen LogP contribution in [0.2, 0.25) is 5.02 Å². The number of nitrogens with two attached hydrogens (primary N) is 1. The standard InChI is InChI=1S/C9H8ClN3O2/c1-13-8(6(10)3-12-13)5-2-7(9(11)14)15-4-5/h2-4H,1H3,(H2,11,14). The molecule has 2 aromatic rings. The topological polar surface area (TPSA) is 74.1 Å². The number of rotatable bonds is 2. The van der Waals surface area contributed by atoms with Crippen LogP contribution in [-0.4, -0.2) is 15.7 Å². The highest BCUT2D eigenvalue weighted by Gasteiger charge is 2.14. The Balaban J connectivity index is 2.50. The summed E-state index contributed by atoms with van der Waals surface area (Å²) in [5.41, 5.74) is 6.43. The zero-order valence-corrected chi connectivity index (χ0v) is 8.65. The maximum Gasteiger partial charge on any atom is 0.284 e. The zero-order chi connectivity index (χ0) is 11.0. The van der Waals surface area contributed by atoms with E-state index in [2.05, 4.69) is 5.10 Å². The lowest BCUT2D eigenvalue weighted by atomic mass is 10.2. The van der Waals surface area contributed by atoms with Crippen LogP contribution in [0, 0.1) is 0 Å². The molecule has 0 aromatic carbocycles. The summed E-state index contributed by atoms with van der Waals surface area (Å²) in [6.45, 7) is 0. The molecule has 2 aromatic heterocycles. The second kappa shape index (κ2) is 3.43. The van der Waals surface area contributed by atoms with Crippen LogP contribution >= 0.6 is 11.6 Å². The van der Waals surface area contributed by atoms with Gasteiger partial charge in [0.1, 0.15) is 6.26 Å². The minimum absolute atomic E-state index is 0.0993. The Morgan fingerprint density at radius 3 is 2.87 bits per heavy atom. The van der Waals surface area contributed by atoms with Crippen molar-refractivity contribution in [2.24, 2.45) is 12.8 Å². The van der Waals surface area contributed by atoms with E-state index in [9.17, 15) is 4.79 Å². The van der Waals surface area contributed by atoms with E-state index in [0.717, 1.165) is 0 Å². The molecule has 0 atom stereocenters. The predicted octanol–water partition coefficient (Wildman–Crippen LogP) is 1.43. The first-order valence-electron chi connectivity index (χ1n) is 4.16. The van der Waals surface area contributed by atoms with Gasteiger partial charge >= 0.3 is 0 Å².